The van der Waals surface area contributed by atoms with Gasteiger partial charge in [0.25, 0.3) is 0 Å². The summed E-state index contributed by atoms with van der Waals surface area (Å²) < 4.78 is 5.20. The number of benzene rings is 1. The van der Waals surface area contributed by atoms with Crippen molar-refractivity contribution in [1.29, 1.82) is 5.41 Å². The first-order chi connectivity index (χ1) is 9.19. The van der Waals surface area contributed by atoms with E-state index in [-0.39, 0.29) is 5.84 Å². The van der Waals surface area contributed by atoms with Crippen LogP contribution in [0.5, 0.6) is 0 Å². The summed E-state index contributed by atoms with van der Waals surface area (Å²) in [4.78, 5) is 3.40. The number of thioether (sulfide) groups is 1. The minimum atomic E-state index is 0.142. The van der Waals surface area contributed by atoms with Crippen LogP contribution in [0.15, 0.2) is 23.1 Å². The quantitative estimate of drug-likeness (QED) is 0.457. The summed E-state index contributed by atoms with van der Waals surface area (Å²) in [6, 6.07) is 6.69. The third-order valence-electron chi connectivity index (χ3n) is 3.33. The number of hydrogen-bond acceptors (Lipinski definition) is 4. The predicted octanol–water partition coefficient (Wildman–Crippen LogP) is 2.31. The van der Waals surface area contributed by atoms with E-state index in [0.717, 1.165) is 22.7 Å². The standard InChI is InChI=1S/C14H21N3OS/c1-18-9-8-17(10-6-7-10)11-4-3-5-12(19-2)13(11)14(15)16/h3-5,10H,6-9H2,1-2H3,(H3,15,16). The molecule has 4 nitrogen and oxygen atoms in total. The topological polar surface area (TPSA) is 62.3 Å². The van der Waals surface area contributed by atoms with Gasteiger partial charge in [-0.25, -0.2) is 0 Å². The minimum Gasteiger partial charge on any atom is -0.384 e. The highest BCUT2D eigenvalue weighted by Crippen LogP contribution is 2.36. The lowest BCUT2D eigenvalue weighted by Crippen LogP contribution is -2.32. The van der Waals surface area contributed by atoms with Gasteiger partial charge in [-0.2, -0.15) is 0 Å². The Labute approximate surface area is 118 Å². The average Bonchev–Trinajstić information content (AvgIpc) is 3.23. The van der Waals surface area contributed by atoms with E-state index in [1.54, 1.807) is 18.9 Å². The van der Waals surface area contributed by atoms with Gasteiger partial charge in [-0.1, -0.05) is 6.07 Å². The van der Waals surface area contributed by atoms with Crippen molar-refractivity contribution in [3.63, 3.8) is 0 Å². The molecule has 0 heterocycles. The zero-order valence-corrected chi connectivity index (χ0v) is 12.3. The molecule has 0 bridgehead atoms. The molecule has 104 valence electrons. The molecule has 0 unspecified atom stereocenters. The first-order valence-corrected chi connectivity index (χ1v) is 7.68. The van der Waals surface area contributed by atoms with Crippen molar-refractivity contribution in [1.82, 2.24) is 0 Å². The van der Waals surface area contributed by atoms with Gasteiger partial charge in [0.05, 0.1) is 12.2 Å². The number of methoxy groups -OCH3 is 1. The van der Waals surface area contributed by atoms with Crippen LogP contribution in [0.4, 0.5) is 5.69 Å². The van der Waals surface area contributed by atoms with Crippen LogP contribution in [0.2, 0.25) is 0 Å². The van der Waals surface area contributed by atoms with Crippen molar-refractivity contribution in [2.45, 2.75) is 23.8 Å². The first-order valence-electron chi connectivity index (χ1n) is 6.46. The van der Waals surface area contributed by atoms with Crippen molar-refractivity contribution in [3.05, 3.63) is 23.8 Å². The number of ether oxygens (including phenoxy) is 1. The third kappa shape index (κ3) is 3.22. The Hall–Kier alpha value is -1.20. The van der Waals surface area contributed by atoms with Crippen LogP contribution in [-0.2, 0) is 4.74 Å². The van der Waals surface area contributed by atoms with Crippen LogP contribution in [0.3, 0.4) is 0 Å². The molecule has 0 radical (unpaired) electrons. The second kappa shape index (κ2) is 6.30. The van der Waals surface area contributed by atoms with Crippen LogP contribution in [0.25, 0.3) is 0 Å². The van der Waals surface area contributed by atoms with E-state index in [0.29, 0.717) is 12.6 Å². The summed E-state index contributed by atoms with van der Waals surface area (Å²) >= 11 is 1.63. The van der Waals surface area contributed by atoms with E-state index in [2.05, 4.69) is 11.0 Å². The van der Waals surface area contributed by atoms with Gasteiger partial charge < -0.3 is 15.4 Å². The van der Waals surface area contributed by atoms with Gasteiger partial charge in [-0.05, 0) is 31.2 Å². The van der Waals surface area contributed by atoms with Crippen molar-refractivity contribution in [2.75, 3.05) is 31.4 Å². The fraction of sp³-hybridized carbons (Fsp3) is 0.500. The fourth-order valence-electron chi connectivity index (χ4n) is 2.28. The molecule has 0 aromatic heterocycles. The second-order valence-electron chi connectivity index (χ2n) is 4.69. The van der Waals surface area contributed by atoms with E-state index in [1.165, 1.54) is 12.8 Å². The molecule has 0 saturated heterocycles. The molecular formula is C14H21N3OS. The fourth-order valence-corrected chi connectivity index (χ4v) is 2.91. The van der Waals surface area contributed by atoms with Gasteiger partial charge in [-0.3, -0.25) is 5.41 Å². The van der Waals surface area contributed by atoms with E-state index in [4.69, 9.17) is 15.9 Å². The summed E-state index contributed by atoms with van der Waals surface area (Å²) in [6.07, 6.45) is 4.44. The largest absolute Gasteiger partial charge is 0.384 e. The van der Waals surface area contributed by atoms with E-state index in [1.807, 2.05) is 18.4 Å². The highest BCUT2D eigenvalue weighted by Gasteiger charge is 2.31. The van der Waals surface area contributed by atoms with Crippen LogP contribution < -0.4 is 10.6 Å². The van der Waals surface area contributed by atoms with Gasteiger partial charge in [-0.15, -0.1) is 11.8 Å². The molecule has 1 aliphatic rings. The molecule has 3 N–H and O–H groups in total. The number of hydrogen-bond donors (Lipinski definition) is 2. The van der Waals surface area contributed by atoms with E-state index >= 15 is 0 Å². The maximum Gasteiger partial charge on any atom is 0.126 e. The lowest BCUT2D eigenvalue weighted by atomic mass is 10.1. The van der Waals surface area contributed by atoms with Crippen LogP contribution in [0, 0.1) is 5.41 Å². The highest BCUT2D eigenvalue weighted by molar-refractivity contribution is 7.98. The first kappa shape index (κ1) is 14.2. The average molecular weight is 279 g/mol. The molecule has 2 rings (SSSR count). The Morgan fingerprint density at radius 3 is 2.79 bits per heavy atom. The maximum absolute atomic E-state index is 7.86. The molecule has 19 heavy (non-hydrogen) atoms. The Bertz CT molecular complexity index is 460. The van der Waals surface area contributed by atoms with Crippen LogP contribution in [0.1, 0.15) is 18.4 Å². The molecule has 1 fully saturated rings. The molecule has 5 heteroatoms. The third-order valence-corrected chi connectivity index (χ3v) is 4.11. The molecule has 1 aliphatic carbocycles. The lowest BCUT2D eigenvalue weighted by Gasteiger charge is -2.27. The van der Waals surface area contributed by atoms with E-state index in [9.17, 15) is 0 Å². The van der Waals surface area contributed by atoms with E-state index < -0.39 is 0 Å². The minimum absolute atomic E-state index is 0.142. The Kier molecular flexibility index (Phi) is 4.71. The lowest BCUT2D eigenvalue weighted by molar-refractivity contribution is 0.205. The molecular weight excluding hydrogens is 258 g/mol. The van der Waals surface area contributed by atoms with Crippen molar-refractivity contribution >= 4 is 23.3 Å². The summed E-state index contributed by atoms with van der Waals surface area (Å²) in [7, 11) is 1.72. The number of amidine groups is 1. The molecule has 0 aliphatic heterocycles. The van der Waals surface area contributed by atoms with Gasteiger partial charge in [0.1, 0.15) is 5.84 Å². The summed E-state index contributed by atoms with van der Waals surface area (Å²) in [5.41, 5.74) is 7.72. The van der Waals surface area contributed by atoms with Crippen molar-refractivity contribution in [3.8, 4) is 0 Å². The van der Waals surface area contributed by atoms with Gasteiger partial charge in [0.2, 0.25) is 0 Å². The highest BCUT2D eigenvalue weighted by atomic mass is 32.2. The number of nitrogen functional groups attached to an aromatic ring is 1. The normalized spacial score (nSPS) is 14.4. The molecule has 0 amide bonds. The van der Waals surface area contributed by atoms with Gasteiger partial charge in [0, 0.05) is 30.3 Å². The molecule has 1 saturated carbocycles. The number of anilines is 1. The monoisotopic (exact) mass is 279 g/mol. The summed E-state index contributed by atoms with van der Waals surface area (Å²) in [5.74, 6) is 0.142. The molecule has 0 atom stereocenters. The molecule has 0 spiro atoms. The second-order valence-corrected chi connectivity index (χ2v) is 5.53. The van der Waals surface area contributed by atoms with Gasteiger partial charge >= 0.3 is 0 Å². The summed E-state index contributed by atoms with van der Waals surface area (Å²) in [6.45, 7) is 1.54. The number of rotatable bonds is 7. The van der Waals surface area contributed by atoms with Crippen LogP contribution >= 0.6 is 11.8 Å². The van der Waals surface area contributed by atoms with Crippen molar-refractivity contribution in [2.24, 2.45) is 5.73 Å². The molecule has 1 aromatic carbocycles. The number of nitrogens with two attached hydrogens (primary N) is 1. The Morgan fingerprint density at radius 2 is 2.26 bits per heavy atom. The Balaban J connectivity index is 2.37. The zero-order valence-electron chi connectivity index (χ0n) is 11.5. The van der Waals surface area contributed by atoms with Crippen molar-refractivity contribution < 1.29 is 4.74 Å². The smallest absolute Gasteiger partial charge is 0.126 e. The number of nitrogens with one attached hydrogen (secondary N) is 1. The van der Waals surface area contributed by atoms with Gasteiger partial charge in [0.15, 0.2) is 0 Å². The predicted molar refractivity (Wildman–Crippen MR) is 81.5 cm³/mol. The maximum atomic E-state index is 7.86. The SMILES string of the molecule is COCCN(c1cccc(SC)c1C(=N)N)C1CC1. The summed E-state index contributed by atoms with van der Waals surface area (Å²) in [5, 5.41) is 7.86. The van der Waals surface area contributed by atoms with Crippen LogP contribution in [-0.4, -0.2) is 38.4 Å². The number of nitrogens with zero attached hydrogens (tertiary/aromatic N) is 1. The molecule has 1 aromatic rings. The zero-order chi connectivity index (χ0) is 13.8. The Morgan fingerprint density at radius 1 is 1.53 bits per heavy atom.